The molecule has 4 heterocycles. The Bertz CT molecular complexity index is 3490. The zero-order valence-electron chi connectivity index (χ0n) is 32.7. The minimum atomic E-state index is -0.335. The highest BCUT2D eigenvalue weighted by molar-refractivity contribution is 7.25. The summed E-state index contributed by atoms with van der Waals surface area (Å²) in [5.41, 5.74) is 3.23. The third-order valence-corrected chi connectivity index (χ3v) is 10.5. The van der Waals surface area contributed by atoms with Crippen LogP contribution in [0.1, 0.15) is 8.22 Å². The molecule has 5 nitrogen and oxygen atoms in total. The Morgan fingerprint density at radius 1 is 0.529 bits per heavy atom. The van der Waals surface area contributed by atoms with E-state index < -0.39 is 0 Å². The maximum Gasteiger partial charge on any atom is 0.238 e. The Balaban J connectivity index is 1.23. The normalized spacial score (nSPS) is 13.6. The van der Waals surface area contributed by atoms with E-state index >= 15 is 0 Å². The molecule has 0 fully saturated rings. The van der Waals surface area contributed by atoms with E-state index in [1.807, 2.05) is 65.2 Å². The fourth-order valence-corrected chi connectivity index (χ4v) is 8.20. The molecule has 4 aromatic heterocycles. The molecule has 238 valence electrons. The Hall–Kier alpha value is -6.63. The number of rotatable bonds is 4. The SMILES string of the molecule is [2H]c1c([2H])c(-c2ccccc2)c2c(oc3c([2H])c(-c4nc(-c5ccccc5)nc(-n5c6ccccc6c6cc7c(cc65)sc5ccccc57)n4)c([2H])c([2H])c32)c1[2H]. The summed E-state index contributed by atoms with van der Waals surface area (Å²) in [4.78, 5) is 14.9. The van der Waals surface area contributed by atoms with Gasteiger partial charge in [-0.05, 0) is 53.5 Å². The molecule has 0 saturated heterocycles. The Morgan fingerprint density at radius 3 is 2.10 bits per heavy atom. The summed E-state index contributed by atoms with van der Waals surface area (Å²) in [7, 11) is 0. The molecule has 6 heteroatoms. The maximum atomic E-state index is 9.57. The molecule has 0 atom stereocenters. The molecule has 0 amide bonds. The molecule has 0 spiro atoms. The highest BCUT2D eigenvalue weighted by Crippen LogP contribution is 2.41. The average molecular weight is 677 g/mol. The highest BCUT2D eigenvalue weighted by Gasteiger charge is 2.20. The van der Waals surface area contributed by atoms with Crippen LogP contribution < -0.4 is 0 Å². The van der Waals surface area contributed by atoms with Gasteiger partial charge in [-0.2, -0.15) is 9.97 Å². The second-order valence-electron chi connectivity index (χ2n) is 12.3. The smallest absolute Gasteiger partial charge is 0.238 e. The van der Waals surface area contributed by atoms with Gasteiger partial charge in [0.1, 0.15) is 11.2 Å². The van der Waals surface area contributed by atoms with Crippen molar-refractivity contribution >= 4 is 75.3 Å². The molecule has 0 bridgehead atoms. The first-order chi connectivity index (χ1) is 27.8. The van der Waals surface area contributed by atoms with Gasteiger partial charge < -0.3 is 4.42 Å². The monoisotopic (exact) mass is 676 g/mol. The fourth-order valence-electron chi connectivity index (χ4n) is 7.08. The van der Waals surface area contributed by atoms with Crippen LogP contribution in [0.2, 0.25) is 0 Å². The molecule has 51 heavy (non-hydrogen) atoms. The Kier molecular flexibility index (Phi) is 4.91. The van der Waals surface area contributed by atoms with Gasteiger partial charge in [-0.15, -0.1) is 11.3 Å². The minimum Gasteiger partial charge on any atom is -0.456 e. The summed E-state index contributed by atoms with van der Waals surface area (Å²) < 4.78 is 65.2. The number of fused-ring (bicyclic) bond motifs is 9. The first-order valence-electron chi connectivity index (χ1n) is 19.5. The van der Waals surface area contributed by atoms with Gasteiger partial charge in [-0.1, -0.05) is 115 Å². The first-order valence-corrected chi connectivity index (χ1v) is 17.3. The van der Waals surface area contributed by atoms with Crippen molar-refractivity contribution in [3.63, 3.8) is 0 Å². The van der Waals surface area contributed by atoms with E-state index in [1.165, 1.54) is 10.1 Å². The van der Waals surface area contributed by atoms with Gasteiger partial charge in [0.05, 0.1) is 19.3 Å². The van der Waals surface area contributed by atoms with Gasteiger partial charge in [0.25, 0.3) is 0 Å². The topological polar surface area (TPSA) is 56.7 Å². The summed E-state index contributed by atoms with van der Waals surface area (Å²) in [6.07, 6.45) is 0. The lowest BCUT2D eigenvalue weighted by Gasteiger charge is -2.11. The number of para-hydroxylation sites is 1. The molecule has 11 rings (SSSR count). The van der Waals surface area contributed by atoms with Crippen molar-refractivity contribution in [1.29, 1.82) is 0 Å². The predicted molar refractivity (Wildman–Crippen MR) is 211 cm³/mol. The van der Waals surface area contributed by atoms with Crippen LogP contribution in [0.5, 0.6) is 0 Å². The predicted octanol–water partition coefficient (Wildman–Crippen LogP) is 12.2. The van der Waals surface area contributed by atoms with Crippen LogP contribution >= 0.6 is 11.3 Å². The van der Waals surface area contributed by atoms with Crippen molar-refractivity contribution in [3.05, 3.63) is 158 Å². The van der Waals surface area contributed by atoms with Gasteiger partial charge in [0.2, 0.25) is 5.95 Å². The number of hydrogen-bond donors (Lipinski definition) is 0. The summed E-state index contributed by atoms with van der Waals surface area (Å²) in [6.45, 7) is 0. The largest absolute Gasteiger partial charge is 0.456 e. The van der Waals surface area contributed by atoms with Crippen LogP contribution in [-0.4, -0.2) is 19.5 Å². The zero-order valence-corrected chi connectivity index (χ0v) is 27.5. The number of hydrogen-bond acceptors (Lipinski definition) is 5. The summed E-state index contributed by atoms with van der Waals surface area (Å²) >= 11 is 1.72. The van der Waals surface area contributed by atoms with E-state index in [2.05, 4.69) is 36.4 Å². The molecule has 0 aliphatic rings. The van der Waals surface area contributed by atoms with Crippen LogP contribution in [0.3, 0.4) is 0 Å². The average Bonchev–Trinajstić information content (AvgIpc) is 3.92. The van der Waals surface area contributed by atoms with E-state index in [9.17, 15) is 4.11 Å². The van der Waals surface area contributed by atoms with Crippen molar-refractivity contribution < 1.29 is 12.6 Å². The molecular weight excluding hydrogens is 645 g/mol. The number of nitrogens with zero attached hydrogens (tertiary/aromatic N) is 4. The maximum absolute atomic E-state index is 9.57. The number of thiophene rings is 1. The Labute approximate surface area is 304 Å². The lowest BCUT2D eigenvalue weighted by atomic mass is 9.99. The summed E-state index contributed by atoms with van der Waals surface area (Å²) in [6, 6.07) is 37.6. The molecule has 0 N–H and O–H groups in total. The third-order valence-electron chi connectivity index (χ3n) is 9.39. The van der Waals surface area contributed by atoms with Crippen molar-refractivity contribution in [1.82, 2.24) is 19.5 Å². The van der Waals surface area contributed by atoms with Crippen LogP contribution in [0.4, 0.5) is 0 Å². The zero-order chi connectivity index (χ0) is 38.7. The standard InChI is InChI=1S/C45H26N4OS/c1-3-12-27(13-4-1)30-18-11-20-38-42(30)33-23-22-29(24-39(33)50-38)44-46-43(28-14-5-2-6-15-28)47-45(48-44)49-36-19-9-7-16-31(36)34-25-35-32-17-8-10-21-40(32)51-41(35)26-37(34)49/h1-26H/i11D,18D,20D,22D,23D,24D. The van der Waals surface area contributed by atoms with Crippen molar-refractivity contribution in [3.8, 4) is 39.9 Å². The van der Waals surface area contributed by atoms with Crippen LogP contribution in [0, 0.1) is 0 Å². The van der Waals surface area contributed by atoms with E-state index in [-0.39, 0.29) is 75.5 Å². The Morgan fingerprint density at radius 2 is 1.25 bits per heavy atom. The second kappa shape index (κ2) is 10.9. The van der Waals surface area contributed by atoms with Gasteiger partial charge >= 0.3 is 0 Å². The fraction of sp³-hybridized carbons (Fsp3) is 0. The van der Waals surface area contributed by atoms with E-state index in [4.69, 9.17) is 23.5 Å². The summed E-state index contributed by atoms with van der Waals surface area (Å²) in [5.74, 6) is 0.602. The number of aromatic nitrogens is 4. The van der Waals surface area contributed by atoms with Crippen LogP contribution in [-0.2, 0) is 0 Å². The second-order valence-corrected chi connectivity index (χ2v) is 13.4. The van der Waals surface area contributed by atoms with Gasteiger partial charge in [0, 0.05) is 52.8 Å². The molecule has 0 radical (unpaired) electrons. The van der Waals surface area contributed by atoms with E-state index in [0.717, 1.165) is 31.9 Å². The lowest BCUT2D eigenvalue weighted by molar-refractivity contribution is 0.669. The molecule has 0 aliphatic carbocycles. The number of furan rings is 1. The van der Waals surface area contributed by atoms with Crippen LogP contribution in [0.25, 0.3) is 104 Å². The highest BCUT2D eigenvalue weighted by atomic mass is 32.1. The first kappa shape index (κ1) is 22.9. The molecular formula is C45H26N4OS. The van der Waals surface area contributed by atoms with E-state index in [1.54, 1.807) is 35.6 Å². The molecule has 0 aliphatic heterocycles. The van der Waals surface area contributed by atoms with E-state index in [0.29, 0.717) is 22.5 Å². The summed E-state index contributed by atoms with van der Waals surface area (Å²) in [5, 5.41) is 4.75. The van der Waals surface area contributed by atoms with Gasteiger partial charge in [-0.25, -0.2) is 4.98 Å². The quantitative estimate of drug-likeness (QED) is 0.186. The number of benzene rings is 7. The molecule has 7 aromatic carbocycles. The lowest BCUT2D eigenvalue weighted by Crippen LogP contribution is -2.06. The third kappa shape index (κ3) is 4.37. The molecule has 0 saturated carbocycles. The minimum absolute atomic E-state index is 0.00956. The van der Waals surface area contributed by atoms with Crippen molar-refractivity contribution in [2.24, 2.45) is 0 Å². The van der Waals surface area contributed by atoms with Gasteiger partial charge in [0.15, 0.2) is 11.6 Å². The van der Waals surface area contributed by atoms with Gasteiger partial charge in [-0.3, -0.25) is 4.57 Å². The van der Waals surface area contributed by atoms with Crippen molar-refractivity contribution in [2.75, 3.05) is 0 Å². The molecule has 0 unspecified atom stereocenters. The molecule has 11 aromatic rings. The van der Waals surface area contributed by atoms with Crippen LogP contribution in [0.15, 0.2) is 162 Å². The van der Waals surface area contributed by atoms with Crippen molar-refractivity contribution in [2.45, 2.75) is 0 Å².